The summed E-state index contributed by atoms with van der Waals surface area (Å²) in [4.78, 5) is 11.6. The van der Waals surface area contributed by atoms with Crippen LogP contribution in [0.2, 0.25) is 0 Å². The van der Waals surface area contributed by atoms with Crippen molar-refractivity contribution in [3.63, 3.8) is 0 Å². The molecule has 4 nitrogen and oxygen atoms in total. The van der Waals surface area contributed by atoms with E-state index in [1.807, 2.05) is 26.0 Å². The van der Waals surface area contributed by atoms with Crippen molar-refractivity contribution in [3.05, 3.63) is 28.8 Å². The maximum absolute atomic E-state index is 11.6. The first-order chi connectivity index (χ1) is 8.81. The summed E-state index contributed by atoms with van der Waals surface area (Å²) in [6, 6.07) is 3.76. The third-order valence-corrected chi connectivity index (χ3v) is 3.02. The van der Waals surface area contributed by atoms with Gasteiger partial charge in [-0.15, -0.1) is 0 Å². The zero-order valence-electron chi connectivity index (χ0n) is 12.2. The number of ether oxygens (including phenoxy) is 2. The van der Waals surface area contributed by atoms with E-state index in [1.54, 1.807) is 13.8 Å². The lowest BCUT2D eigenvalue weighted by atomic mass is 9.95. The van der Waals surface area contributed by atoms with Gasteiger partial charge in [-0.2, -0.15) is 0 Å². The molecule has 0 amide bonds. The number of aryl methyl sites for hydroxylation is 2. The molecule has 0 aromatic heterocycles. The minimum atomic E-state index is -0.691. The highest BCUT2D eigenvalue weighted by Gasteiger charge is 2.30. The molecule has 0 saturated carbocycles. The number of aliphatic hydroxyl groups is 1. The minimum absolute atomic E-state index is 0.00954. The molecule has 0 radical (unpaired) electrons. The summed E-state index contributed by atoms with van der Waals surface area (Å²) in [7, 11) is 1.37. The van der Waals surface area contributed by atoms with Crippen molar-refractivity contribution in [2.75, 3.05) is 13.7 Å². The molecule has 0 heterocycles. The highest BCUT2D eigenvalue weighted by molar-refractivity contribution is 5.75. The van der Waals surface area contributed by atoms with Gasteiger partial charge in [0.2, 0.25) is 0 Å². The molecule has 0 aliphatic rings. The summed E-state index contributed by atoms with van der Waals surface area (Å²) in [5.41, 5.74) is 2.06. The van der Waals surface area contributed by atoms with E-state index in [-0.39, 0.29) is 19.2 Å². The molecule has 0 atom stereocenters. The standard InChI is InChI=1S/C15H22O4/c1-10-6-12(8-16)7-11(2)13(10)19-9-15(3,4)14(17)18-5/h6-7,16H,8-9H2,1-5H3. The van der Waals surface area contributed by atoms with E-state index in [4.69, 9.17) is 14.6 Å². The van der Waals surface area contributed by atoms with Gasteiger partial charge < -0.3 is 14.6 Å². The van der Waals surface area contributed by atoms with Crippen LogP contribution < -0.4 is 4.74 Å². The smallest absolute Gasteiger partial charge is 0.314 e. The van der Waals surface area contributed by atoms with Gasteiger partial charge in [-0.1, -0.05) is 12.1 Å². The molecule has 106 valence electrons. The summed E-state index contributed by atoms with van der Waals surface area (Å²) in [5, 5.41) is 9.14. The summed E-state index contributed by atoms with van der Waals surface area (Å²) >= 11 is 0. The Bertz CT molecular complexity index is 440. The summed E-state index contributed by atoms with van der Waals surface area (Å²) in [6.45, 7) is 7.67. The molecule has 1 N–H and O–H groups in total. The Labute approximate surface area is 114 Å². The second-order valence-electron chi connectivity index (χ2n) is 5.38. The molecule has 0 bridgehead atoms. The van der Waals surface area contributed by atoms with E-state index in [2.05, 4.69) is 0 Å². The van der Waals surface area contributed by atoms with Crippen LogP contribution in [0.25, 0.3) is 0 Å². The lowest BCUT2D eigenvalue weighted by molar-refractivity contribution is -0.152. The van der Waals surface area contributed by atoms with Gasteiger partial charge in [0.15, 0.2) is 0 Å². The van der Waals surface area contributed by atoms with E-state index in [0.29, 0.717) is 0 Å². The van der Waals surface area contributed by atoms with Crippen molar-refractivity contribution < 1.29 is 19.4 Å². The predicted molar refractivity (Wildman–Crippen MR) is 73.1 cm³/mol. The van der Waals surface area contributed by atoms with Crippen LogP contribution in [0.1, 0.15) is 30.5 Å². The lowest BCUT2D eigenvalue weighted by Crippen LogP contribution is -2.32. The van der Waals surface area contributed by atoms with Gasteiger partial charge in [-0.25, -0.2) is 0 Å². The second kappa shape index (κ2) is 6.06. The van der Waals surface area contributed by atoms with Crippen LogP contribution in [-0.4, -0.2) is 24.8 Å². The van der Waals surface area contributed by atoms with Crippen LogP contribution >= 0.6 is 0 Å². The average molecular weight is 266 g/mol. The van der Waals surface area contributed by atoms with Gasteiger partial charge in [0.25, 0.3) is 0 Å². The van der Waals surface area contributed by atoms with E-state index < -0.39 is 5.41 Å². The Kier molecular flexibility index (Phi) is 4.95. The number of carbonyl (C=O) groups excluding carboxylic acids is 1. The fourth-order valence-electron chi connectivity index (χ4n) is 1.95. The van der Waals surface area contributed by atoms with Gasteiger partial charge in [-0.3, -0.25) is 4.79 Å². The fraction of sp³-hybridized carbons (Fsp3) is 0.533. The van der Waals surface area contributed by atoms with Crippen molar-refractivity contribution in [2.24, 2.45) is 5.41 Å². The molecule has 0 saturated heterocycles. The Morgan fingerprint density at radius 1 is 1.26 bits per heavy atom. The van der Waals surface area contributed by atoms with Gasteiger partial charge in [-0.05, 0) is 44.4 Å². The van der Waals surface area contributed by atoms with Crippen LogP contribution in [0.3, 0.4) is 0 Å². The van der Waals surface area contributed by atoms with Crippen LogP contribution in [-0.2, 0) is 16.1 Å². The number of carbonyl (C=O) groups is 1. The minimum Gasteiger partial charge on any atom is -0.492 e. The van der Waals surface area contributed by atoms with Gasteiger partial charge in [0.1, 0.15) is 12.4 Å². The number of hydrogen-bond acceptors (Lipinski definition) is 4. The van der Waals surface area contributed by atoms with Crippen LogP contribution in [0.15, 0.2) is 12.1 Å². The first kappa shape index (κ1) is 15.5. The molecule has 1 rings (SSSR count). The number of aliphatic hydroxyl groups excluding tert-OH is 1. The SMILES string of the molecule is COC(=O)C(C)(C)COc1c(C)cc(CO)cc1C. The van der Waals surface area contributed by atoms with Crippen molar-refractivity contribution in [1.29, 1.82) is 0 Å². The van der Waals surface area contributed by atoms with Gasteiger partial charge in [0, 0.05) is 0 Å². The van der Waals surface area contributed by atoms with Crippen LogP contribution in [0.5, 0.6) is 5.75 Å². The van der Waals surface area contributed by atoms with Gasteiger partial charge in [0.05, 0.1) is 19.1 Å². The van der Waals surface area contributed by atoms with E-state index in [0.717, 1.165) is 22.4 Å². The summed E-state index contributed by atoms with van der Waals surface area (Å²) in [6.07, 6.45) is 0. The maximum atomic E-state index is 11.6. The molecule has 1 aromatic rings. The first-order valence-electron chi connectivity index (χ1n) is 6.24. The number of benzene rings is 1. The monoisotopic (exact) mass is 266 g/mol. The maximum Gasteiger partial charge on any atom is 0.314 e. The fourth-order valence-corrected chi connectivity index (χ4v) is 1.95. The predicted octanol–water partition coefficient (Wildman–Crippen LogP) is 2.37. The molecule has 0 aliphatic heterocycles. The average Bonchev–Trinajstić information content (AvgIpc) is 2.36. The van der Waals surface area contributed by atoms with Crippen molar-refractivity contribution in [2.45, 2.75) is 34.3 Å². The third-order valence-electron chi connectivity index (χ3n) is 3.02. The number of rotatable bonds is 5. The molecule has 19 heavy (non-hydrogen) atoms. The normalized spacial score (nSPS) is 11.3. The molecule has 4 heteroatoms. The summed E-state index contributed by atoms with van der Waals surface area (Å²) in [5.74, 6) is 0.462. The highest BCUT2D eigenvalue weighted by atomic mass is 16.5. The Morgan fingerprint density at radius 3 is 2.21 bits per heavy atom. The Balaban J connectivity index is 2.87. The largest absolute Gasteiger partial charge is 0.492 e. The second-order valence-corrected chi connectivity index (χ2v) is 5.38. The Morgan fingerprint density at radius 2 is 1.79 bits per heavy atom. The Hall–Kier alpha value is -1.55. The molecule has 0 unspecified atom stereocenters. The molecule has 0 spiro atoms. The van der Waals surface area contributed by atoms with Crippen LogP contribution in [0.4, 0.5) is 0 Å². The van der Waals surface area contributed by atoms with E-state index in [9.17, 15) is 4.79 Å². The topological polar surface area (TPSA) is 55.8 Å². The van der Waals surface area contributed by atoms with Crippen molar-refractivity contribution in [3.8, 4) is 5.75 Å². The molecule has 1 aromatic carbocycles. The van der Waals surface area contributed by atoms with E-state index >= 15 is 0 Å². The third kappa shape index (κ3) is 3.70. The van der Waals surface area contributed by atoms with Crippen molar-refractivity contribution in [1.82, 2.24) is 0 Å². The first-order valence-corrected chi connectivity index (χ1v) is 6.24. The molecule has 0 fully saturated rings. The quantitative estimate of drug-likeness (QED) is 0.831. The van der Waals surface area contributed by atoms with Crippen molar-refractivity contribution >= 4 is 5.97 Å². The molecular weight excluding hydrogens is 244 g/mol. The van der Waals surface area contributed by atoms with Crippen LogP contribution in [0, 0.1) is 19.3 Å². The zero-order chi connectivity index (χ0) is 14.6. The lowest BCUT2D eigenvalue weighted by Gasteiger charge is -2.23. The molecular formula is C15H22O4. The number of esters is 1. The number of methoxy groups -OCH3 is 1. The zero-order valence-corrected chi connectivity index (χ0v) is 12.2. The highest BCUT2D eigenvalue weighted by Crippen LogP contribution is 2.27. The molecule has 0 aliphatic carbocycles. The van der Waals surface area contributed by atoms with Gasteiger partial charge >= 0.3 is 5.97 Å². The summed E-state index contributed by atoms with van der Waals surface area (Å²) < 4.78 is 10.5. The van der Waals surface area contributed by atoms with E-state index in [1.165, 1.54) is 7.11 Å². The number of hydrogen-bond donors (Lipinski definition) is 1.